The fraction of sp³-hybridized carbons (Fsp3) is 0.304. The predicted molar refractivity (Wildman–Crippen MR) is 134 cm³/mol. The molecule has 1 aromatic heterocycles. The van der Waals surface area contributed by atoms with Crippen LogP contribution in [0.4, 0.5) is 4.39 Å². The highest BCUT2D eigenvalue weighted by molar-refractivity contribution is 7.11. The summed E-state index contributed by atoms with van der Waals surface area (Å²) in [7, 11) is 1.24. The molecule has 2 aromatic rings. The molecule has 4 N–H and O–H groups in total. The van der Waals surface area contributed by atoms with Gasteiger partial charge >= 0.3 is 23.9 Å². The average molecular weight is 585 g/mol. The van der Waals surface area contributed by atoms with Crippen LogP contribution < -0.4 is 5.32 Å². The van der Waals surface area contributed by atoms with E-state index in [9.17, 15) is 19.1 Å². The van der Waals surface area contributed by atoms with Crippen molar-refractivity contribution in [3.8, 4) is 0 Å². The second-order valence-electron chi connectivity index (χ2n) is 7.90. The summed E-state index contributed by atoms with van der Waals surface area (Å²) in [5.41, 5.74) is 0.906. The van der Waals surface area contributed by atoms with E-state index < -0.39 is 41.8 Å². The first-order valence-corrected chi connectivity index (χ1v) is 12.3. The van der Waals surface area contributed by atoms with Crippen molar-refractivity contribution in [1.82, 2.24) is 15.2 Å². The smallest absolute Gasteiger partial charge is 0.414 e. The molecular weight excluding hydrogens is 563 g/mol. The van der Waals surface area contributed by atoms with E-state index in [1.54, 1.807) is 16.5 Å². The van der Waals surface area contributed by atoms with Gasteiger partial charge in [0.1, 0.15) is 11.9 Å². The number of amidine groups is 1. The van der Waals surface area contributed by atoms with Crippen LogP contribution in [0.15, 0.2) is 46.0 Å². The van der Waals surface area contributed by atoms with Crippen LogP contribution in [0.2, 0.25) is 5.02 Å². The molecule has 1 fully saturated rings. The Hall–Kier alpha value is -3.92. The summed E-state index contributed by atoms with van der Waals surface area (Å²) in [5, 5.41) is 30.0. The summed E-state index contributed by atoms with van der Waals surface area (Å²) in [5.74, 6) is -5.48. The van der Waals surface area contributed by atoms with Crippen LogP contribution in [0.1, 0.15) is 16.6 Å². The molecule has 2 unspecified atom stereocenters. The van der Waals surface area contributed by atoms with Gasteiger partial charge in [0.25, 0.3) is 0 Å². The van der Waals surface area contributed by atoms with Crippen molar-refractivity contribution >= 4 is 52.7 Å². The van der Waals surface area contributed by atoms with E-state index in [1.165, 1.54) is 30.6 Å². The van der Waals surface area contributed by atoms with Gasteiger partial charge in [0.05, 0.1) is 37.6 Å². The van der Waals surface area contributed by atoms with Gasteiger partial charge in [-0.25, -0.2) is 28.8 Å². The molecule has 208 valence electrons. The van der Waals surface area contributed by atoms with Gasteiger partial charge in [0.15, 0.2) is 10.8 Å². The number of hydrogen-bond acceptors (Lipinski definition) is 11. The van der Waals surface area contributed by atoms with E-state index >= 15 is 0 Å². The molecule has 1 saturated heterocycles. The van der Waals surface area contributed by atoms with Gasteiger partial charge in [0.2, 0.25) is 0 Å². The van der Waals surface area contributed by atoms with E-state index in [2.05, 4.69) is 15.3 Å². The summed E-state index contributed by atoms with van der Waals surface area (Å²) in [6, 6.07) is 2.17. The second-order valence-corrected chi connectivity index (χ2v) is 9.20. The number of carbonyl (C=O) groups excluding carboxylic acids is 1. The van der Waals surface area contributed by atoms with E-state index in [-0.39, 0.29) is 23.7 Å². The number of halogens is 2. The van der Waals surface area contributed by atoms with E-state index in [1.807, 2.05) is 0 Å². The van der Waals surface area contributed by atoms with Crippen LogP contribution in [-0.4, -0.2) is 94.4 Å². The molecule has 0 amide bonds. The van der Waals surface area contributed by atoms with Crippen molar-refractivity contribution in [2.24, 2.45) is 4.99 Å². The van der Waals surface area contributed by atoms with Crippen molar-refractivity contribution < 1.29 is 48.4 Å². The Morgan fingerprint density at radius 2 is 1.97 bits per heavy atom. The molecule has 0 radical (unpaired) electrons. The fourth-order valence-electron chi connectivity index (χ4n) is 3.74. The third-order valence-electron chi connectivity index (χ3n) is 5.50. The number of carbonyl (C=O) groups is 4. The Kier molecular flexibility index (Phi) is 10.1. The highest BCUT2D eigenvalue weighted by Crippen LogP contribution is 2.35. The first kappa shape index (κ1) is 29.6. The van der Waals surface area contributed by atoms with Crippen molar-refractivity contribution in [2.45, 2.75) is 12.1 Å². The number of morpholine rings is 1. The maximum atomic E-state index is 13.7. The van der Waals surface area contributed by atoms with Gasteiger partial charge in [-0.2, -0.15) is 0 Å². The number of rotatable bonds is 6. The summed E-state index contributed by atoms with van der Waals surface area (Å²) < 4.78 is 24.1. The average Bonchev–Trinajstić information content (AvgIpc) is 3.44. The number of nitrogens with zero attached hydrogens (tertiary/aromatic N) is 3. The molecule has 4 rings (SSSR count). The monoisotopic (exact) mass is 584 g/mol. The number of aromatic nitrogens is 1. The summed E-state index contributed by atoms with van der Waals surface area (Å²) in [6.07, 6.45) is 1.62. The van der Waals surface area contributed by atoms with Gasteiger partial charge < -0.3 is 30.1 Å². The number of esters is 1. The third kappa shape index (κ3) is 7.35. The molecule has 2 atom stereocenters. The molecule has 0 bridgehead atoms. The molecule has 0 saturated carbocycles. The van der Waals surface area contributed by atoms with E-state index in [4.69, 9.17) is 40.9 Å². The van der Waals surface area contributed by atoms with Gasteiger partial charge in [-0.05, 0) is 17.7 Å². The standard InChI is InChI=1S/C21H20ClFN4O5S.C2H2O4/c1-31-21(30)16-14(9-27-5-6-32-10-15(27)20(28)29)25-18(19-24-4-7-33-19)26-17(16)12-3-2-11(23)8-13(12)22;3-1(4)2(5)6/h2-4,7-8,15,17H,5-6,9-10H2,1H3,(H,25,26)(H,28,29);(H,3,4)(H,5,6). The Balaban J connectivity index is 0.000000631. The number of aliphatic carboxylic acids is 3. The minimum Gasteiger partial charge on any atom is -0.480 e. The fourth-order valence-corrected chi connectivity index (χ4v) is 4.60. The van der Waals surface area contributed by atoms with Gasteiger partial charge in [-0.3, -0.25) is 9.69 Å². The van der Waals surface area contributed by atoms with Crippen molar-refractivity contribution in [2.75, 3.05) is 33.4 Å². The maximum absolute atomic E-state index is 13.7. The first-order valence-electron chi connectivity index (χ1n) is 11.1. The zero-order chi connectivity index (χ0) is 28.7. The van der Waals surface area contributed by atoms with Gasteiger partial charge in [-0.15, -0.1) is 11.3 Å². The quantitative estimate of drug-likeness (QED) is 0.282. The number of carboxylic acid groups (broad SMARTS) is 3. The van der Waals surface area contributed by atoms with Gasteiger partial charge in [-0.1, -0.05) is 17.7 Å². The Morgan fingerprint density at radius 3 is 2.54 bits per heavy atom. The topological polar surface area (TPSA) is 188 Å². The maximum Gasteiger partial charge on any atom is 0.414 e. The first-order chi connectivity index (χ1) is 18.5. The van der Waals surface area contributed by atoms with Gasteiger partial charge in [0, 0.05) is 29.7 Å². The zero-order valence-electron chi connectivity index (χ0n) is 20.2. The predicted octanol–water partition coefficient (Wildman–Crippen LogP) is 1.39. The number of ether oxygens (including phenoxy) is 2. The van der Waals surface area contributed by atoms with Crippen LogP contribution in [0.3, 0.4) is 0 Å². The third-order valence-corrected chi connectivity index (χ3v) is 6.61. The normalized spacial score (nSPS) is 19.2. The number of carboxylic acids is 3. The minimum atomic E-state index is -1.82. The molecule has 1 aromatic carbocycles. The minimum absolute atomic E-state index is 0.0185. The number of hydrogen-bond donors (Lipinski definition) is 4. The number of aliphatic imine (C=N–C) groups is 1. The van der Waals surface area contributed by atoms with E-state index in [0.29, 0.717) is 35.3 Å². The molecule has 0 spiro atoms. The zero-order valence-corrected chi connectivity index (χ0v) is 21.7. The highest BCUT2D eigenvalue weighted by atomic mass is 35.5. The molecule has 0 aliphatic carbocycles. The lowest BCUT2D eigenvalue weighted by atomic mass is 9.94. The largest absolute Gasteiger partial charge is 0.480 e. The molecule has 39 heavy (non-hydrogen) atoms. The number of thiazole rings is 1. The van der Waals surface area contributed by atoms with Crippen LogP contribution in [0.5, 0.6) is 0 Å². The van der Waals surface area contributed by atoms with Crippen molar-refractivity contribution in [3.63, 3.8) is 0 Å². The SMILES string of the molecule is COC(=O)C1=C(CN2CCOCC2C(=O)O)N=C(c2nccs2)NC1c1ccc(F)cc1Cl.O=C(O)C(=O)O. The Labute approximate surface area is 229 Å². The van der Waals surface area contributed by atoms with E-state index in [0.717, 1.165) is 6.07 Å². The lowest BCUT2D eigenvalue weighted by Gasteiger charge is -2.35. The summed E-state index contributed by atoms with van der Waals surface area (Å²) >= 11 is 7.68. The Bertz CT molecular complexity index is 1310. The molecule has 3 heterocycles. The van der Waals surface area contributed by atoms with Crippen LogP contribution >= 0.6 is 22.9 Å². The molecular formula is C23H22ClFN4O9S. The second kappa shape index (κ2) is 13.2. The van der Waals surface area contributed by atoms with Crippen molar-refractivity contribution in [1.29, 1.82) is 0 Å². The lowest BCUT2D eigenvalue weighted by Crippen LogP contribution is -2.51. The Morgan fingerprint density at radius 1 is 1.26 bits per heavy atom. The highest BCUT2D eigenvalue weighted by Gasteiger charge is 2.37. The number of methoxy groups -OCH3 is 1. The van der Waals surface area contributed by atoms with Crippen molar-refractivity contribution in [3.05, 3.63) is 62.5 Å². The lowest BCUT2D eigenvalue weighted by molar-refractivity contribution is -0.159. The molecule has 2 aliphatic rings. The van der Waals surface area contributed by atoms with Crippen LogP contribution in [0.25, 0.3) is 0 Å². The summed E-state index contributed by atoms with van der Waals surface area (Å²) in [6.45, 7) is 0.757. The molecule has 13 nitrogen and oxygen atoms in total. The summed E-state index contributed by atoms with van der Waals surface area (Å²) in [4.78, 5) is 53.5. The molecule has 16 heteroatoms. The number of benzene rings is 1. The number of nitrogens with one attached hydrogen (secondary N) is 1. The molecule has 2 aliphatic heterocycles. The van der Waals surface area contributed by atoms with Crippen LogP contribution in [0, 0.1) is 5.82 Å². The van der Waals surface area contributed by atoms with Crippen LogP contribution in [-0.2, 0) is 28.7 Å².